The van der Waals surface area contributed by atoms with Crippen molar-refractivity contribution in [2.24, 2.45) is 5.73 Å². The first-order chi connectivity index (χ1) is 7.04. The SMILES string of the molecule is C=C(CC)CC(N)c1ccc(C)cc1Cl. The van der Waals surface area contributed by atoms with Gasteiger partial charge in [-0.3, -0.25) is 0 Å². The van der Waals surface area contributed by atoms with E-state index in [4.69, 9.17) is 17.3 Å². The first-order valence-corrected chi connectivity index (χ1v) is 5.60. The Hall–Kier alpha value is -0.790. The Morgan fingerprint density at radius 1 is 1.53 bits per heavy atom. The third-order valence-corrected chi connectivity index (χ3v) is 2.89. The molecule has 1 rings (SSSR count). The number of benzene rings is 1. The van der Waals surface area contributed by atoms with Gasteiger partial charge in [0.05, 0.1) is 0 Å². The van der Waals surface area contributed by atoms with Gasteiger partial charge in [-0.25, -0.2) is 0 Å². The summed E-state index contributed by atoms with van der Waals surface area (Å²) >= 11 is 6.14. The summed E-state index contributed by atoms with van der Waals surface area (Å²) in [5.41, 5.74) is 9.41. The highest BCUT2D eigenvalue weighted by molar-refractivity contribution is 6.31. The van der Waals surface area contributed by atoms with Gasteiger partial charge in [-0.15, -0.1) is 0 Å². The number of rotatable bonds is 4. The summed E-state index contributed by atoms with van der Waals surface area (Å²) in [7, 11) is 0. The molecule has 1 aromatic rings. The second-order valence-electron chi connectivity index (χ2n) is 3.94. The van der Waals surface area contributed by atoms with Crippen LogP contribution in [0.4, 0.5) is 0 Å². The van der Waals surface area contributed by atoms with Crippen LogP contribution in [0.2, 0.25) is 5.02 Å². The molecule has 82 valence electrons. The first-order valence-electron chi connectivity index (χ1n) is 5.23. The van der Waals surface area contributed by atoms with E-state index in [9.17, 15) is 0 Å². The van der Waals surface area contributed by atoms with Gasteiger partial charge in [0.25, 0.3) is 0 Å². The zero-order valence-corrected chi connectivity index (χ0v) is 10.1. The van der Waals surface area contributed by atoms with Crippen LogP contribution in [-0.4, -0.2) is 0 Å². The molecular weight excluding hydrogens is 206 g/mol. The average molecular weight is 224 g/mol. The van der Waals surface area contributed by atoms with Crippen LogP contribution in [0.25, 0.3) is 0 Å². The molecule has 0 saturated carbocycles. The Kier molecular flexibility index (Phi) is 4.37. The Morgan fingerprint density at radius 2 is 2.20 bits per heavy atom. The average Bonchev–Trinajstić information content (AvgIpc) is 2.17. The smallest absolute Gasteiger partial charge is 0.0456 e. The van der Waals surface area contributed by atoms with E-state index < -0.39 is 0 Å². The molecule has 1 unspecified atom stereocenters. The quantitative estimate of drug-likeness (QED) is 0.768. The van der Waals surface area contributed by atoms with Crippen molar-refractivity contribution >= 4 is 11.6 Å². The third-order valence-electron chi connectivity index (χ3n) is 2.56. The molecule has 1 nitrogen and oxygen atoms in total. The lowest BCUT2D eigenvalue weighted by Crippen LogP contribution is -2.11. The molecule has 1 atom stereocenters. The Balaban J connectivity index is 2.82. The Bertz CT molecular complexity index is 358. The highest BCUT2D eigenvalue weighted by atomic mass is 35.5. The molecule has 0 aliphatic heterocycles. The fraction of sp³-hybridized carbons (Fsp3) is 0.385. The Morgan fingerprint density at radius 3 is 2.73 bits per heavy atom. The van der Waals surface area contributed by atoms with Gasteiger partial charge in [-0.1, -0.05) is 42.8 Å². The van der Waals surface area contributed by atoms with E-state index in [1.165, 1.54) is 5.57 Å². The number of hydrogen-bond acceptors (Lipinski definition) is 1. The minimum absolute atomic E-state index is 0.0365. The molecule has 15 heavy (non-hydrogen) atoms. The summed E-state index contributed by atoms with van der Waals surface area (Å²) in [6, 6.07) is 5.96. The number of nitrogens with two attached hydrogens (primary N) is 1. The van der Waals surface area contributed by atoms with E-state index in [-0.39, 0.29) is 6.04 Å². The molecule has 0 fully saturated rings. The van der Waals surface area contributed by atoms with Gasteiger partial charge in [0.1, 0.15) is 0 Å². The number of hydrogen-bond donors (Lipinski definition) is 1. The molecule has 0 aliphatic carbocycles. The lowest BCUT2D eigenvalue weighted by atomic mass is 9.98. The van der Waals surface area contributed by atoms with Crippen molar-refractivity contribution in [2.75, 3.05) is 0 Å². The zero-order valence-electron chi connectivity index (χ0n) is 9.39. The van der Waals surface area contributed by atoms with Crippen LogP contribution in [0.5, 0.6) is 0 Å². The summed E-state index contributed by atoms with van der Waals surface area (Å²) in [5.74, 6) is 0. The highest BCUT2D eigenvalue weighted by Gasteiger charge is 2.10. The van der Waals surface area contributed by atoms with E-state index in [1.807, 2.05) is 25.1 Å². The summed E-state index contributed by atoms with van der Waals surface area (Å²) in [6.45, 7) is 8.07. The van der Waals surface area contributed by atoms with Crippen molar-refractivity contribution < 1.29 is 0 Å². The summed E-state index contributed by atoms with van der Waals surface area (Å²) < 4.78 is 0. The van der Waals surface area contributed by atoms with E-state index in [2.05, 4.69) is 13.5 Å². The minimum Gasteiger partial charge on any atom is -0.324 e. The summed E-state index contributed by atoms with van der Waals surface area (Å²) in [5, 5.41) is 0.756. The lowest BCUT2D eigenvalue weighted by Gasteiger charge is -2.15. The van der Waals surface area contributed by atoms with Crippen molar-refractivity contribution in [3.63, 3.8) is 0 Å². The van der Waals surface area contributed by atoms with Crippen LogP contribution < -0.4 is 5.73 Å². The fourth-order valence-electron chi connectivity index (χ4n) is 1.50. The summed E-state index contributed by atoms with van der Waals surface area (Å²) in [4.78, 5) is 0. The third kappa shape index (κ3) is 3.37. The van der Waals surface area contributed by atoms with Crippen molar-refractivity contribution in [2.45, 2.75) is 32.7 Å². The van der Waals surface area contributed by atoms with Gasteiger partial charge in [-0.05, 0) is 37.0 Å². The molecule has 0 saturated heterocycles. The predicted molar refractivity (Wildman–Crippen MR) is 67.2 cm³/mol. The van der Waals surface area contributed by atoms with E-state index in [0.717, 1.165) is 29.0 Å². The zero-order chi connectivity index (χ0) is 11.4. The standard InChI is InChI=1S/C13H18ClN/c1-4-9(2)8-13(15)11-6-5-10(3)7-12(11)14/h5-7,13H,2,4,8,15H2,1,3H3. The molecule has 2 N–H and O–H groups in total. The van der Waals surface area contributed by atoms with Crippen LogP contribution in [0, 0.1) is 6.92 Å². The van der Waals surface area contributed by atoms with E-state index in [0.29, 0.717) is 0 Å². The fourth-order valence-corrected chi connectivity index (χ4v) is 1.87. The molecule has 2 heteroatoms. The van der Waals surface area contributed by atoms with Crippen LogP contribution in [-0.2, 0) is 0 Å². The van der Waals surface area contributed by atoms with Crippen molar-refractivity contribution in [1.82, 2.24) is 0 Å². The van der Waals surface area contributed by atoms with Crippen LogP contribution >= 0.6 is 11.6 Å². The monoisotopic (exact) mass is 223 g/mol. The molecule has 0 amide bonds. The van der Waals surface area contributed by atoms with Gasteiger partial charge >= 0.3 is 0 Å². The number of halogens is 1. The maximum Gasteiger partial charge on any atom is 0.0456 e. The maximum absolute atomic E-state index is 6.14. The molecular formula is C13H18ClN. The summed E-state index contributed by atoms with van der Waals surface area (Å²) in [6.07, 6.45) is 1.77. The van der Waals surface area contributed by atoms with Crippen molar-refractivity contribution in [1.29, 1.82) is 0 Å². The minimum atomic E-state index is -0.0365. The second-order valence-corrected chi connectivity index (χ2v) is 4.35. The topological polar surface area (TPSA) is 26.0 Å². The largest absolute Gasteiger partial charge is 0.324 e. The normalized spacial score (nSPS) is 12.5. The van der Waals surface area contributed by atoms with Gasteiger partial charge in [0.2, 0.25) is 0 Å². The van der Waals surface area contributed by atoms with Gasteiger partial charge in [0, 0.05) is 11.1 Å². The van der Waals surface area contributed by atoms with Crippen molar-refractivity contribution in [3.05, 3.63) is 46.5 Å². The second kappa shape index (κ2) is 5.34. The molecule has 0 radical (unpaired) electrons. The predicted octanol–water partition coefficient (Wildman–Crippen LogP) is 4.00. The highest BCUT2D eigenvalue weighted by Crippen LogP contribution is 2.26. The molecule has 0 bridgehead atoms. The van der Waals surface area contributed by atoms with Gasteiger partial charge in [0.15, 0.2) is 0 Å². The molecule has 0 spiro atoms. The molecule has 0 aromatic heterocycles. The van der Waals surface area contributed by atoms with E-state index >= 15 is 0 Å². The van der Waals surface area contributed by atoms with Crippen molar-refractivity contribution in [3.8, 4) is 0 Å². The number of aryl methyl sites for hydroxylation is 1. The van der Waals surface area contributed by atoms with Gasteiger partial charge in [-0.2, -0.15) is 0 Å². The first kappa shape index (κ1) is 12.3. The van der Waals surface area contributed by atoms with Crippen LogP contribution in [0.15, 0.2) is 30.4 Å². The van der Waals surface area contributed by atoms with E-state index in [1.54, 1.807) is 0 Å². The molecule has 1 aromatic carbocycles. The van der Waals surface area contributed by atoms with Crippen LogP contribution in [0.3, 0.4) is 0 Å². The molecule has 0 aliphatic rings. The molecule has 0 heterocycles. The van der Waals surface area contributed by atoms with Gasteiger partial charge < -0.3 is 5.73 Å². The lowest BCUT2D eigenvalue weighted by molar-refractivity contribution is 0.701. The van der Waals surface area contributed by atoms with Crippen LogP contribution in [0.1, 0.15) is 36.9 Å². The Labute approximate surface area is 96.9 Å². The maximum atomic E-state index is 6.14.